The summed E-state index contributed by atoms with van der Waals surface area (Å²) < 4.78 is 2.11. The Kier molecular flexibility index (Phi) is 3.56. The molecule has 8 heteroatoms. The number of nitrogens with two attached hydrogens (primary N) is 2. The Bertz CT molecular complexity index is 1350. The molecular formula is C20H17N7S. The number of anilines is 2. The number of thiazole rings is 1. The first kappa shape index (κ1) is 16.6. The molecule has 28 heavy (non-hydrogen) atoms. The van der Waals surface area contributed by atoms with Crippen molar-refractivity contribution >= 4 is 45.0 Å². The SMILES string of the molecule is Cc1cc2nc(-c3nccs3)n(-c3ccc4c(N)nc(N)nc4c3)c2cc1C. The molecule has 0 aliphatic heterocycles. The highest BCUT2D eigenvalue weighted by Gasteiger charge is 2.18. The van der Waals surface area contributed by atoms with Crippen LogP contribution < -0.4 is 11.5 Å². The Morgan fingerprint density at radius 1 is 0.929 bits per heavy atom. The van der Waals surface area contributed by atoms with Gasteiger partial charge in [-0.3, -0.25) is 4.57 Å². The Morgan fingerprint density at radius 3 is 2.54 bits per heavy atom. The van der Waals surface area contributed by atoms with Crippen LogP contribution in [-0.2, 0) is 0 Å². The highest BCUT2D eigenvalue weighted by atomic mass is 32.1. The third-order valence-electron chi connectivity index (χ3n) is 4.88. The van der Waals surface area contributed by atoms with Crippen molar-refractivity contribution in [3.63, 3.8) is 0 Å². The summed E-state index contributed by atoms with van der Waals surface area (Å²) in [5, 5.41) is 3.57. The number of aromatic nitrogens is 5. The van der Waals surface area contributed by atoms with Gasteiger partial charge in [0, 0.05) is 22.7 Å². The Hall–Kier alpha value is -3.52. The summed E-state index contributed by atoms with van der Waals surface area (Å²) in [6.07, 6.45) is 1.79. The predicted octanol–water partition coefficient (Wildman–Crippen LogP) is 3.87. The van der Waals surface area contributed by atoms with E-state index in [-0.39, 0.29) is 5.95 Å². The number of benzene rings is 2. The highest BCUT2D eigenvalue weighted by molar-refractivity contribution is 7.13. The Balaban J connectivity index is 1.86. The van der Waals surface area contributed by atoms with E-state index in [1.165, 1.54) is 11.1 Å². The summed E-state index contributed by atoms with van der Waals surface area (Å²) in [5.74, 6) is 1.32. The molecule has 0 saturated carbocycles. The van der Waals surface area contributed by atoms with Gasteiger partial charge in [-0.05, 0) is 55.3 Å². The number of nitrogen functional groups attached to an aromatic ring is 2. The maximum atomic E-state index is 6.00. The molecule has 0 spiro atoms. The van der Waals surface area contributed by atoms with E-state index in [1.807, 2.05) is 23.6 Å². The number of rotatable bonds is 2. The summed E-state index contributed by atoms with van der Waals surface area (Å²) >= 11 is 1.56. The van der Waals surface area contributed by atoms with Crippen LogP contribution in [0, 0.1) is 13.8 Å². The van der Waals surface area contributed by atoms with Crippen LogP contribution in [0.1, 0.15) is 11.1 Å². The van der Waals surface area contributed by atoms with Crippen molar-refractivity contribution in [1.29, 1.82) is 0 Å². The number of hydrogen-bond acceptors (Lipinski definition) is 7. The Morgan fingerprint density at radius 2 is 1.75 bits per heavy atom. The number of imidazole rings is 1. The molecule has 0 fully saturated rings. The molecule has 0 radical (unpaired) electrons. The monoisotopic (exact) mass is 387 g/mol. The van der Waals surface area contributed by atoms with Gasteiger partial charge in [-0.1, -0.05) is 0 Å². The zero-order chi connectivity index (χ0) is 19.4. The second kappa shape index (κ2) is 6.00. The van der Waals surface area contributed by atoms with E-state index in [0.717, 1.165) is 32.9 Å². The summed E-state index contributed by atoms with van der Waals surface area (Å²) in [6.45, 7) is 4.19. The molecule has 0 atom stereocenters. The minimum absolute atomic E-state index is 0.157. The largest absolute Gasteiger partial charge is 0.383 e. The molecule has 0 aliphatic rings. The van der Waals surface area contributed by atoms with Crippen molar-refractivity contribution in [2.75, 3.05) is 11.5 Å². The average Bonchev–Trinajstić information content (AvgIpc) is 3.29. The number of nitrogens with zero attached hydrogens (tertiary/aromatic N) is 5. The summed E-state index contributed by atoms with van der Waals surface area (Å²) in [7, 11) is 0. The summed E-state index contributed by atoms with van der Waals surface area (Å²) in [4.78, 5) is 17.7. The van der Waals surface area contributed by atoms with Gasteiger partial charge in [0.25, 0.3) is 0 Å². The van der Waals surface area contributed by atoms with Gasteiger partial charge < -0.3 is 11.5 Å². The maximum Gasteiger partial charge on any atom is 0.222 e. The lowest BCUT2D eigenvalue weighted by Crippen LogP contribution is -2.02. The first-order chi connectivity index (χ1) is 13.5. The minimum atomic E-state index is 0.157. The molecule has 0 saturated heterocycles. The number of hydrogen-bond donors (Lipinski definition) is 2. The topological polar surface area (TPSA) is 109 Å². The van der Waals surface area contributed by atoms with Gasteiger partial charge in [-0.15, -0.1) is 11.3 Å². The van der Waals surface area contributed by atoms with Gasteiger partial charge in [-0.25, -0.2) is 15.0 Å². The predicted molar refractivity (Wildman–Crippen MR) is 114 cm³/mol. The van der Waals surface area contributed by atoms with Gasteiger partial charge in [-0.2, -0.15) is 4.98 Å². The molecule has 7 nitrogen and oxygen atoms in total. The van der Waals surface area contributed by atoms with Gasteiger partial charge in [0.05, 0.1) is 16.6 Å². The summed E-state index contributed by atoms with van der Waals surface area (Å²) in [6, 6.07) is 10.1. The van der Waals surface area contributed by atoms with Crippen LogP contribution in [-0.4, -0.2) is 24.5 Å². The molecule has 0 amide bonds. The molecule has 5 rings (SSSR count). The fourth-order valence-electron chi connectivity index (χ4n) is 3.37. The fraction of sp³-hybridized carbons (Fsp3) is 0.100. The van der Waals surface area contributed by atoms with Gasteiger partial charge in [0.2, 0.25) is 5.95 Å². The van der Waals surface area contributed by atoms with Gasteiger partial charge >= 0.3 is 0 Å². The van der Waals surface area contributed by atoms with Crippen molar-refractivity contribution in [3.8, 4) is 16.5 Å². The molecule has 0 aliphatic carbocycles. The van der Waals surface area contributed by atoms with Crippen LogP contribution in [0.2, 0.25) is 0 Å². The molecule has 3 heterocycles. The zero-order valence-electron chi connectivity index (χ0n) is 15.3. The smallest absolute Gasteiger partial charge is 0.222 e. The van der Waals surface area contributed by atoms with Gasteiger partial charge in [0.15, 0.2) is 10.8 Å². The normalized spacial score (nSPS) is 11.5. The molecule has 0 bridgehead atoms. The standard InChI is InChI=1S/C20H17N7S/c1-10-7-15-16(8-11(10)2)27(18(24-15)19-23-5-6-28-19)12-3-4-13-14(9-12)25-20(22)26-17(13)21/h3-9H,1-2H3,(H4,21,22,25,26). The molecule has 138 valence electrons. The molecule has 4 N–H and O–H groups in total. The number of fused-ring (bicyclic) bond motifs is 2. The van der Waals surface area contributed by atoms with Crippen molar-refractivity contribution in [3.05, 3.63) is 53.0 Å². The van der Waals surface area contributed by atoms with Crippen molar-refractivity contribution in [2.24, 2.45) is 0 Å². The second-order valence-corrected chi connectivity index (χ2v) is 7.60. The quantitative estimate of drug-likeness (QED) is 0.476. The first-order valence-corrected chi connectivity index (χ1v) is 9.62. The molecule has 5 aromatic rings. The van der Waals surface area contributed by atoms with Crippen LogP contribution in [0.4, 0.5) is 11.8 Å². The third-order valence-corrected chi connectivity index (χ3v) is 5.65. The van der Waals surface area contributed by atoms with Crippen LogP contribution >= 0.6 is 11.3 Å². The van der Waals surface area contributed by atoms with Crippen LogP contribution in [0.15, 0.2) is 41.9 Å². The fourth-order valence-corrected chi connectivity index (χ4v) is 3.99. The van der Waals surface area contributed by atoms with E-state index in [9.17, 15) is 0 Å². The van der Waals surface area contributed by atoms with Crippen LogP contribution in [0.5, 0.6) is 0 Å². The van der Waals surface area contributed by atoms with E-state index in [0.29, 0.717) is 11.3 Å². The maximum absolute atomic E-state index is 6.00. The Labute approximate surface area is 164 Å². The minimum Gasteiger partial charge on any atom is -0.383 e. The molecule has 2 aromatic carbocycles. The van der Waals surface area contributed by atoms with E-state index in [4.69, 9.17) is 16.5 Å². The van der Waals surface area contributed by atoms with Crippen LogP contribution in [0.3, 0.4) is 0 Å². The van der Waals surface area contributed by atoms with E-state index in [1.54, 1.807) is 17.5 Å². The first-order valence-electron chi connectivity index (χ1n) is 8.74. The van der Waals surface area contributed by atoms with Crippen molar-refractivity contribution in [2.45, 2.75) is 13.8 Å². The lowest BCUT2D eigenvalue weighted by molar-refractivity contribution is 1.09. The third kappa shape index (κ3) is 2.49. The number of aryl methyl sites for hydroxylation is 2. The molecular weight excluding hydrogens is 370 g/mol. The van der Waals surface area contributed by atoms with E-state index >= 15 is 0 Å². The lowest BCUT2D eigenvalue weighted by Gasteiger charge is -2.11. The van der Waals surface area contributed by atoms with Crippen molar-refractivity contribution < 1.29 is 0 Å². The molecule has 3 aromatic heterocycles. The highest BCUT2D eigenvalue weighted by Crippen LogP contribution is 2.32. The lowest BCUT2D eigenvalue weighted by atomic mass is 10.1. The second-order valence-electron chi connectivity index (χ2n) is 6.70. The van der Waals surface area contributed by atoms with E-state index < -0.39 is 0 Å². The van der Waals surface area contributed by atoms with Gasteiger partial charge in [0.1, 0.15) is 5.82 Å². The molecule has 0 unspecified atom stereocenters. The van der Waals surface area contributed by atoms with Crippen molar-refractivity contribution in [1.82, 2.24) is 24.5 Å². The zero-order valence-corrected chi connectivity index (χ0v) is 16.2. The summed E-state index contributed by atoms with van der Waals surface area (Å²) in [5.41, 5.74) is 17.8. The van der Waals surface area contributed by atoms with Crippen LogP contribution in [0.25, 0.3) is 38.5 Å². The van der Waals surface area contributed by atoms with E-state index in [2.05, 4.69) is 45.5 Å². The average molecular weight is 387 g/mol.